The van der Waals surface area contributed by atoms with E-state index in [2.05, 4.69) is 4.72 Å². The van der Waals surface area contributed by atoms with Crippen LogP contribution in [0, 0.1) is 0 Å². The van der Waals surface area contributed by atoms with Crippen LogP contribution < -0.4 is 9.46 Å². The molecule has 174 valence electrons. The fourth-order valence-corrected chi connectivity index (χ4v) is 7.05. The topological polar surface area (TPSA) is 130 Å². The lowest BCUT2D eigenvalue weighted by Gasteiger charge is -2.37. The molecule has 2 aromatic carbocycles. The number of sulfonamides is 2. The number of hydrogen-bond donors (Lipinski definition) is 2. The summed E-state index contributed by atoms with van der Waals surface area (Å²) < 4.78 is 60.9. The van der Waals surface area contributed by atoms with E-state index in [9.17, 15) is 21.6 Å². The van der Waals surface area contributed by atoms with Crippen LogP contribution in [-0.4, -0.2) is 51.4 Å². The molecule has 0 spiro atoms. The van der Waals surface area contributed by atoms with Crippen molar-refractivity contribution in [1.82, 2.24) is 4.31 Å². The molecular weight excluding hydrogens is 456 g/mol. The van der Waals surface area contributed by atoms with Crippen LogP contribution in [0.4, 0.5) is 5.69 Å². The Morgan fingerprint density at radius 1 is 1.03 bits per heavy atom. The van der Waals surface area contributed by atoms with E-state index in [4.69, 9.17) is 9.84 Å². The molecule has 0 aliphatic carbocycles. The van der Waals surface area contributed by atoms with E-state index >= 15 is 0 Å². The van der Waals surface area contributed by atoms with Crippen LogP contribution in [0.3, 0.4) is 0 Å². The highest BCUT2D eigenvalue weighted by Crippen LogP contribution is 2.31. The van der Waals surface area contributed by atoms with Gasteiger partial charge in [-0.05, 0) is 69.2 Å². The number of hydrogen-bond acceptors (Lipinski definition) is 6. The lowest BCUT2D eigenvalue weighted by atomic mass is 10.0. The number of carboxylic acids is 1. The van der Waals surface area contributed by atoms with Crippen molar-refractivity contribution in [2.75, 3.05) is 11.8 Å². The zero-order valence-corrected chi connectivity index (χ0v) is 19.6. The van der Waals surface area contributed by atoms with Crippen molar-refractivity contribution in [3.63, 3.8) is 0 Å². The molecule has 1 fully saturated rings. The van der Waals surface area contributed by atoms with Crippen LogP contribution >= 0.6 is 0 Å². The summed E-state index contributed by atoms with van der Waals surface area (Å²) in [4.78, 5) is 11.0. The molecule has 0 saturated carbocycles. The van der Waals surface area contributed by atoms with Crippen molar-refractivity contribution in [2.24, 2.45) is 0 Å². The smallest absolute Gasteiger partial charge is 0.335 e. The summed E-state index contributed by atoms with van der Waals surface area (Å²) >= 11 is 0. The summed E-state index contributed by atoms with van der Waals surface area (Å²) in [6.45, 7) is 3.77. The summed E-state index contributed by atoms with van der Waals surface area (Å²) in [7, 11) is -6.65. The van der Waals surface area contributed by atoms with Crippen molar-refractivity contribution in [3.8, 4) is 5.75 Å². The number of piperidine rings is 1. The molecule has 0 bridgehead atoms. The Bertz CT molecular complexity index is 1200. The Morgan fingerprint density at radius 2 is 1.62 bits per heavy atom. The summed E-state index contributed by atoms with van der Waals surface area (Å²) in [6, 6.07) is 8.69. The second kappa shape index (κ2) is 9.08. The third-order valence-electron chi connectivity index (χ3n) is 5.49. The van der Waals surface area contributed by atoms with Gasteiger partial charge in [-0.3, -0.25) is 4.72 Å². The van der Waals surface area contributed by atoms with E-state index in [0.29, 0.717) is 0 Å². The molecule has 2 aromatic rings. The first-order chi connectivity index (χ1) is 15.0. The van der Waals surface area contributed by atoms with Gasteiger partial charge < -0.3 is 9.84 Å². The lowest BCUT2D eigenvalue weighted by molar-refractivity contribution is 0.0696. The average molecular weight is 483 g/mol. The molecule has 3 rings (SSSR count). The number of methoxy groups -OCH3 is 1. The van der Waals surface area contributed by atoms with Crippen molar-refractivity contribution in [3.05, 3.63) is 48.0 Å². The minimum absolute atomic E-state index is 0.0187. The van der Waals surface area contributed by atoms with Crippen LogP contribution in [0.5, 0.6) is 5.75 Å². The van der Waals surface area contributed by atoms with Gasteiger partial charge in [-0.2, -0.15) is 4.31 Å². The van der Waals surface area contributed by atoms with Crippen LogP contribution in [0.2, 0.25) is 0 Å². The summed E-state index contributed by atoms with van der Waals surface area (Å²) in [5.41, 5.74) is -0.0798. The maximum atomic E-state index is 13.1. The average Bonchev–Trinajstić information content (AvgIpc) is 2.73. The van der Waals surface area contributed by atoms with E-state index in [0.717, 1.165) is 25.3 Å². The van der Waals surface area contributed by atoms with Crippen molar-refractivity contribution in [2.45, 2.75) is 55.0 Å². The number of anilines is 1. The predicted molar refractivity (Wildman–Crippen MR) is 119 cm³/mol. The Morgan fingerprint density at radius 3 is 2.16 bits per heavy atom. The standard InChI is InChI=1S/C21H26N2O7S2/c1-14-5-4-6-15(2)23(14)32(28,29)18-10-8-17(9-11-18)22-31(26,27)20-13-16(21(24)25)7-12-19(20)30-3/h7-15,22H,4-6H2,1-3H3,(H,24,25). The van der Waals surface area contributed by atoms with E-state index < -0.39 is 26.0 Å². The molecule has 9 nitrogen and oxygen atoms in total. The molecule has 0 amide bonds. The molecule has 1 saturated heterocycles. The SMILES string of the molecule is COc1ccc(C(=O)O)cc1S(=O)(=O)Nc1ccc(S(=O)(=O)N2C(C)CCCC2C)cc1. The first-order valence-corrected chi connectivity index (χ1v) is 13.0. The molecule has 2 unspecified atom stereocenters. The number of benzene rings is 2. The molecule has 1 aliphatic rings. The number of carbonyl (C=O) groups is 1. The van der Waals surface area contributed by atoms with E-state index in [1.54, 1.807) is 0 Å². The monoisotopic (exact) mass is 482 g/mol. The number of carboxylic acid groups (broad SMARTS) is 1. The third kappa shape index (κ3) is 4.74. The maximum Gasteiger partial charge on any atom is 0.335 e. The Labute approximate surface area is 188 Å². The summed E-state index contributed by atoms with van der Waals surface area (Å²) in [6.07, 6.45) is 2.55. The normalized spacial score (nSPS) is 20.0. The van der Waals surface area contributed by atoms with Gasteiger partial charge in [0.15, 0.2) is 0 Å². The fourth-order valence-electron chi connectivity index (χ4n) is 3.92. The summed E-state index contributed by atoms with van der Waals surface area (Å²) in [5.74, 6) is -1.30. The zero-order valence-electron chi connectivity index (χ0n) is 18.0. The summed E-state index contributed by atoms with van der Waals surface area (Å²) in [5, 5.41) is 9.16. The van der Waals surface area contributed by atoms with E-state index in [1.165, 1.54) is 47.8 Å². The van der Waals surface area contributed by atoms with Crippen LogP contribution in [0.15, 0.2) is 52.3 Å². The molecular formula is C21H26N2O7S2. The Hall–Kier alpha value is -2.63. The largest absolute Gasteiger partial charge is 0.495 e. The molecule has 2 N–H and O–H groups in total. The molecule has 0 radical (unpaired) electrons. The highest BCUT2D eigenvalue weighted by Gasteiger charge is 2.35. The number of aromatic carboxylic acids is 1. The third-order valence-corrected chi connectivity index (χ3v) is 9.04. The van der Waals surface area contributed by atoms with Gasteiger partial charge in [0.2, 0.25) is 10.0 Å². The van der Waals surface area contributed by atoms with Crippen LogP contribution in [-0.2, 0) is 20.0 Å². The number of ether oxygens (including phenoxy) is 1. The Kier molecular flexibility index (Phi) is 6.82. The Balaban J connectivity index is 1.89. The van der Waals surface area contributed by atoms with Gasteiger partial charge in [0.1, 0.15) is 10.6 Å². The molecule has 0 aromatic heterocycles. The zero-order chi connectivity index (χ0) is 23.7. The van der Waals surface area contributed by atoms with Gasteiger partial charge in [0.05, 0.1) is 17.6 Å². The van der Waals surface area contributed by atoms with Crippen LogP contribution in [0.25, 0.3) is 0 Å². The first kappa shape index (κ1) is 24.0. The predicted octanol–water partition coefficient (Wildman–Crippen LogP) is 3.15. The number of nitrogens with one attached hydrogen (secondary N) is 1. The lowest BCUT2D eigenvalue weighted by Crippen LogP contribution is -2.47. The quantitative estimate of drug-likeness (QED) is 0.620. The van der Waals surface area contributed by atoms with Crippen molar-refractivity contribution >= 4 is 31.7 Å². The van der Waals surface area contributed by atoms with Crippen LogP contribution in [0.1, 0.15) is 43.5 Å². The molecule has 1 heterocycles. The second-order valence-corrected chi connectivity index (χ2v) is 11.3. The minimum atomic E-state index is -4.20. The molecule has 11 heteroatoms. The molecule has 1 aliphatic heterocycles. The maximum absolute atomic E-state index is 13.1. The van der Waals surface area contributed by atoms with Gasteiger partial charge in [-0.15, -0.1) is 0 Å². The van der Waals surface area contributed by atoms with Gasteiger partial charge in [0, 0.05) is 17.8 Å². The fraction of sp³-hybridized carbons (Fsp3) is 0.381. The van der Waals surface area contributed by atoms with Gasteiger partial charge in [0.25, 0.3) is 10.0 Å². The first-order valence-electron chi connectivity index (χ1n) is 10.0. The highest BCUT2D eigenvalue weighted by molar-refractivity contribution is 7.92. The number of nitrogens with zero attached hydrogens (tertiary/aromatic N) is 1. The molecule has 32 heavy (non-hydrogen) atoms. The minimum Gasteiger partial charge on any atom is -0.495 e. The highest BCUT2D eigenvalue weighted by atomic mass is 32.2. The second-order valence-electron chi connectivity index (χ2n) is 7.76. The number of rotatable bonds is 7. The van der Waals surface area contributed by atoms with Crippen molar-refractivity contribution < 1.29 is 31.5 Å². The molecule has 2 atom stereocenters. The van der Waals surface area contributed by atoms with Gasteiger partial charge in [-0.25, -0.2) is 21.6 Å². The van der Waals surface area contributed by atoms with Gasteiger partial charge >= 0.3 is 5.97 Å². The van der Waals surface area contributed by atoms with Gasteiger partial charge in [-0.1, -0.05) is 6.42 Å². The van der Waals surface area contributed by atoms with E-state index in [-0.39, 0.29) is 38.9 Å². The van der Waals surface area contributed by atoms with Crippen molar-refractivity contribution in [1.29, 1.82) is 0 Å². The van der Waals surface area contributed by atoms with E-state index in [1.807, 2.05) is 13.8 Å².